The standard InChI is InChI=1S/C12H12N6O2/c1-7-8(6-13)2-3-9(15-7)11(19)14-5-4-10-16-12(20)18-17-10/h2-3H,4-5H2,1H3,(H,14,19)(H2,16,17,18,20). The number of rotatable bonds is 4. The lowest BCUT2D eigenvalue weighted by Gasteiger charge is -2.04. The van der Waals surface area contributed by atoms with E-state index in [1.807, 2.05) is 6.07 Å². The molecule has 0 aliphatic carbocycles. The monoisotopic (exact) mass is 272 g/mol. The van der Waals surface area contributed by atoms with Gasteiger partial charge in [-0.1, -0.05) is 0 Å². The van der Waals surface area contributed by atoms with Crippen LogP contribution in [0.3, 0.4) is 0 Å². The van der Waals surface area contributed by atoms with Crippen LogP contribution in [0.1, 0.15) is 27.6 Å². The van der Waals surface area contributed by atoms with Crippen molar-refractivity contribution in [3.05, 3.63) is 45.4 Å². The number of carbonyl (C=O) groups excluding carboxylic acids is 1. The molecule has 8 nitrogen and oxygen atoms in total. The summed E-state index contributed by atoms with van der Waals surface area (Å²) >= 11 is 0. The highest BCUT2D eigenvalue weighted by atomic mass is 16.2. The van der Waals surface area contributed by atoms with Crippen molar-refractivity contribution in [2.24, 2.45) is 0 Å². The molecule has 2 heterocycles. The molecule has 2 aromatic heterocycles. The summed E-state index contributed by atoms with van der Waals surface area (Å²) in [6.45, 7) is 1.99. The van der Waals surface area contributed by atoms with E-state index >= 15 is 0 Å². The quantitative estimate of drug-likeness (QED) is 0.700. The maximum atomic E-state index is 11.8. The zero-order valence-electron chi connectivity index (χ0n) is 10.7. The van der Waals surface area contributed by atoms with E-state index in [1.54, 1.807) is 13.0 Å². The number of aryl methyl sites for hydroxylation is 1. The van der Waals surface area contributed by atoms with Gasteiger partial charge in [-0.3, -0.25) is 9.78 Å². The Balaban J connectivity index is 1.93. The summed E-state index contributed by atoms with van der Waals surface area (Å²) in [6.07, 6.45) is 0.403. The van der Waals surface area contributed by atoms with Gasteiger partial charge >= 0.3 is 5.69 Å². The number of H-pyrrole nitrogens is 2. The summed E-state index contributed by atoms with van der Waals surface area (Å²) in [4.78, 5) is 29.2. The van der Waals surface area contributed by atoms with Crippen molar-refractivity contribution in [1.29, 1.82) is 5.26 Å². The van der Waals surface area contributed by atoms with Gasteiger partial charge in [0, 0.05) is 13.0 Å². The summed E-state index contributed by atoms with van der Waals surface area (Å²) in [7, 11) is 0. The number of pyridine rings is 1. The Morgan fingerprint density at radius 1 is 1.50 bits per heavy atom. The highest BCUT2D eigenvalue weighted by molar-refractivity contribution is 5.92. The number of aromatic nitrogens is 4. The predicted molar refractivity (Wildman–Crippen MR) is 68.9 cm³/mol. The zero-order chi connectivity index (χ0) is 14.5. The molecule has 0 spiro atoms. The Labute approximate surface area is 113 Å². The largest absolute Gasteiger partial charge is 0.350 e. The maximum absolute atomic E-state index is 11.8. The SMILES string of the molecule is Cc1nc(C(=O)NCCc2n[nH]c(=O)[nH]2)ccc1C#N. The normalized spacial score (nSPS) is 10.0. The van der Waals surface area contributed by atoms with Crippen LogP contribution in [0.15, 0.2) is 16.9 Å². The molecular formula is C12H12N6O2. The second-order valence-electron chi connectivity index (χ2n) is 4.07. The molecule has 1 amide bonds. The lowest BCUT2D eigenvalue weighted by atomic mass is 10.2. The molecule has 102 valence electrons. The summed E-state index contributed by atoms with van der Waals surface area (Å²) < 4.78 is 0. The van der Waals surface area contributed by atoms with E-state index in [9.17, 15) is 9.59 Å². The lowest BCUT2D eigenvalue weighted by Crippen LogP contribution is -2.27. The van der Waals surface area contributed by atoms with E-state index in [1.165, 1.54) is 6.07 Å². The predicted octanol–water partition coefficient (Wildman–Crippen LogP) is -0.354. The van der Waals surface area contributed by atoms with Crippen LogP contribution in [0.2, 0.25) is 0 Å². The van der Waals surface area contributed by atoms with Crippen LogP contribution in [0.5, 0.6) is 0 Å². The first-order valence-electron chi connectivity index (χ1n) is 5.89. The highest BCUT2D eigenvalue weighted by Crippen LogP contribution is 2.05. The molecular weight excluding hydrogens is 260 g/mol. The Bertz CT molecular complexity index is 724. The molecule has 0 aliphatic heterocycles. The number of hydrogen-bond acceptors (Lipinski definition) is 5. The van der Waals surface area contributed by atoms with E-state index in [0.29, 0.717) is 30.0 Å². The third-order valence-electron chi connectivity index (χ3n) is 2.64. The molecule has 0 atom stereocenters. The van der Waals surface area contributed by atoms with Gasteiger partial charge in [0.05, 0.1) is 11.3 Å². The van der Waals surface area contributed by atoms with E-state index in [0.717, 1.165) is 0 Å². The van der Waals surface area contributed by atoms with E-state index in [2.05, 4.69) is 25.5 Å². The van der Waals surface area contributed by atoms with Crippen molar-refractivity contribution in [1.82, 2.24) is 25.5 Å². The summed E-state index contributed by atoms with van der Waals surface area (Å²) in [6, 6.07) is 5.04. The van der Waals surface area contributed by atoms with E-state index in [4.69, 9.17) is 5.26 Å². The van der Waals surface area contributed by atoms with Gasteiger partial charge in [0.1, 0.15) is 17.6 Å². The average Bonchev–Trinajstić information content (AvgIpc) is 2.84. The van der Waals surface area contributed by atoms with Gasteiger partial charge in [-0.25, -0.2) is 14.9 Å². The lowest BCUT2D eigenvalue weighted by molar-refractivity contribution is 0.0949. The zero-order valence-corrected chi connectivity index (χ0v) is 10.7. The third kappa shape index (κ3) is 3.08. The van der Waals surface area contributed by atoms with Crippen LogP contribution in [0, 0.1) is 18.3 Å². The van der Waals surface area contributed by atoms with Crippen molar-refractivity contribution in [2.45, 2.75) is 13.3 Å². The van der Waals surface area contributed by atoms with Gasteiger partial charge in [-0.15, -0.1) is 0 Å². The van der Waals surface area contributed by atoms with Crippen LogP contribution in [0.4, 0.5) is 0 Å². The smallest absolute Gasteiger partial charge is 0.340 e. The van der Waals surface area contributed by atoms with Gasteiger partial charge in [0.25, 0.3) is 5.91 Å². The fraction of sp³-hybridized carbons (Fsp3) is 0.250. The van der Waals surface area contributed by atoms with E-state index < -0.39 is 0 Å². The topological polar surface area (TPSA) is 127 Å². The maximum Gasteiger partial charge on any atom is 0.340 e. The van der Waals surface area contributed by atoms with Gasteiger partial charge in [-0.05, 0) is 19.1 Å². The molecule has 0 fully saturated rings. The van der Waals surface area contributed by atoms with Crippen LogP contribution in [-0.4, -0.2) is 32.6 Å². The fourth-order valence-corrected chi connectivity index (χ4v) is 1.61. The molecule has 0 unspecified atom stereocenters. The number of hydrogen-bond donors (Lipinski definition) is 3. The highest BCUT2D eigenvalue weighted by Gasteiger charge is 2.09. The minimum absolute atomic E-state index is 0.247. The van der Waals surface area contributed by atoms with Crippen LogP contribution in [0.25, 0.3) is 0 Å². The number of aromatic amines is 2. The van der Waals surface area contributed by atoms with Crippen molar-refractivity contribution in [2.75, 3.05) is 6.54 Å². The van der Waals surface area contributed by atoms with Crippen molar-refractivity contribution >= 4 is 5.91 Å². The van der Waals surface area contributed by atoms with Crippen LogP contribution >= 0.6 is 0 Å². The summed E-state index contributed by atoms with van der Waals surface area (Å²) in [5, 5.41) is 17.4. The Morgan fingerprint density at radius 3 is 2.90 bits per heavy atom. The van der Waals surface area contributed by atoms with Gasteiger partial charge in [0.15, 0.2) is 0 Å². The first-order chi connectivity index (χ1) is 9.60. The van der Waals surface area contributed by atoms with Crippen molar-refractivity contribution < 1.29 is 4.79 Å². The molecule has 0 saturated carbocycles. The molecule has 8 heteroatoms. The molecule has 0 aromatic carbocycles. The number of nitriles is 1. The van der Waals surface area contributed by atoms with Gasteiger partial charge in [-0.2, -0.15) is 10.4 Å². The van der Waals surface area contributed by atoms with E-state index in [-0.39, 0.29) is 17.3 Å². The van der Waals surface area contributed by atoms with Gasteiger partial charge < -0.3 is 5.32 Å². The minimum Gasteiger partial charge on any atom is -0.350 e. The summed E-state index contributed by atoms with van der Waals surface area (Å²) in [5.41, 5.74) is 0.820. The molecule has 2 aromatic rings. The number of amides is 1. The fourth-order valence-electron chi connectivity index (χ4n) is 1.61. The van der Waals surface area contributed by atoms with Crippen molar-refractivity contribution in [3.63, 3.8) is 0 Å². The second kappa shape index (κ2) is 5.79. The van der Waals surface area contributed by atoms with Crippen LogP contribution < -0.4 is 11.0 Å². The Kier molecular flexibility index (Phi) is 3.91. The molecule has 0 radical (unpaired) electrons. The molecule has 3 N–H and O–H groups in total. The number of nitrogens with one attached hydrogen (secondary N) is 3. The number of carbonyl (C=O) groups is 1. The Morgan fingerprint density at radius 2 is 2.30 bits per heavy atom. The second-order valence-corrected chi connectivity index (χ2v) is 4.07. The first-order valence-corrected chi connectivity index (χ1v) is 5.89. The molecule has 0 aliphatic rings. The third-order valence-corrected chi connectivity index (χ3v) is 2.64. The average molecular weight is 272 g/mol. The summed E-state index contributed by atoms with van der Waals surface area (Å²) in [5.74, 6) is 0.134. The van der Waals surface area contributed by atoms with Crippen LogP contribution in [-0.2, 0) is 6.42 Å². The number of nitrogens with zero attached hydrogens (tertiary/aromatic N) is 3. The molecule has 0 saturated heterocycles. The van der Waals surface area contributed by atoms with Crippen molar-refractivity contribution in [3.8, 4) is 6.07 Å². The molecule has 20 heavy (non-hydrogen) atoms. The Hall–Kier alpha value is -2.95. The van der Waals surface area contributed by atoms with Gasteiger partial charge in [0.2, 0.25) is 0 Å². The molecule has 0 bridgehead atoms. The first kappa shape index (κ1) is 13.5. The molecule has 2 rings (SSSR count). The minimum atomic E-state index is -0.379.